The van der Waals surface area contributed by atoms with Gasteiger partial charge in [0.2, 0.25) is 4.96 Å². The van der Waals surface area contributed by atoms with Gasteiger partial charge in [0, 0.05) is 22.9 Å². The predicted molar refractivity (Wildman–Crippen MR) is 169 cm³/mol. The van der Waals surface area contributed by atoms with Gasteiger partial charge in [0.1, 0.15) is 11.4 Å². The summed E-state index contributed by atoms with van der Waals surface area (Å²) < 4.78 is 9.67. The van der Waals surface area contributed by atoms with Crippen LogP contribution in [0.25, 0.3) is 39.4 Å². The molecule has 8 heteroatoms. The molecule has 0 aliphatic carbocycles. The lowest BCUT2D eigenvalue weighted by molar-refractivity contribution is 0.305. The SMILES string of the molecule is CCCCCCOc1ccc(-c2nc3sc(=Cc4cn(-c5ccccc5)nc4-c4cc(C)ccc4C)c(=O)n3n2)cc1. The maximum Gasteiger partial charge on any atom is 0.291 e. The Morgan fingerprint density at radius 2 is 1.74 bits per heavy atom. The first kappa shape index (κ1) is 27.6. The van der Waals surface area contributed by atoms with E-state index in [0.29, 0.717) is 21.9 Å². The van der Waals surface area contributed by atoms with Crippen molar-refractivity contribution < 1.29 is 4.74 Å². The fraction of sp³-hybridized carbons (Fsp3) is 0.235. The molecule has 3 heterocycles. The van der Waals surface area contributed by atoms with Crippen LogP contribution in [0.2, 0.25) is 0 Å². The van der Waals surface area contributed by atoms with Crippen molar-refractivity contribution in [1.29, 1.82) is 0 Å². The highest BCUT2D eigenvalue weighted by atomic mass is 32.1. The summed E-state index contributed by atoms with van der Waals surface area (Å²) in [4.78, 5) is 18.7. The van der Waals surface area contributed by atoms with Gasteiger partial charge in [-0.2, -0.15) is 14.6 Å². The molecule has 6 aromatic rings. The van der Waals surface area contributed by atoms with Crippen LogP contribution in [0.3, 0.4) is 0 Å². The number of hydrogen-bond donors (Lipinski definition) is 0. The van der Waals surface area contributed by atoms with Crippen LogP contribution in [0, 0.1) is 13.8 Å². The van der Waals surface area contributed by atoms with Crippen LogP contribution < -0.4 is 14.8 Å². The number of rotatable bonds is 10. The Balaban J connectivity index is 1.32. The van der Waals surface area contributed by atoms with Crippen molar-refractivity contribution in [1.82, 2.24) is 24.4 Å². The number of aromatic nitrogens is 5. The molecule has 6 rings (SSSR count). The van der Waals surface area contributed by atoms with Crippen LogP contribution in [-0.2, 0) is 0 Å². The lowest BCUT2D eigenvalue weighted by atomic mass is 10.0. The monoisotopic (exact) mass is 575 g/mol. The summed E-state index contributed by atoms with van der Waals surface area (Å²) in [6.07, 6.45) is 8.56. The van der Waals surface area contributed by atoms with Crippen molar-refractivity contribution in [3.05, 3.63) is 111 Å². The van der Waals surface area contributed by atoms with Crippen LogP contribution in [-0.4, -0.2) is 31.0 Å². The van der Waals surface area contributed by atoms with Crippen molar-refractivity contribution >= 4 is 22.4 Å². The van der Waals surface area contributed by atoms with Gasteiger partial charge in [0.05, 0.1) is 16.8 Å². The summed E-state index contributed by atoms with van der Waals surface area (Å²) in [5.74, 6) is 1.35. The number of benzene rings is 3. The minimum absolute atomic E-state index is 0.194. The average Bonchev–Trinajstić information content (AvgIpc) is 3.70. The molecule has 42 heavy (non-hydrogen) atoms. The molecule has 0 amide bonds. The molecule has 3 aromatic carbocycles. The third kappa shape index (κ3) is 5.76. The molecule has 0 bridgehead atoms. The average molecular weight is 576 g/mol. The standard InChI is InChI=1S/C34H33N5O2S/c1-4-5-6-10-19-41-28-17-15-25(16-18-28)32-35-34-39(37-32)33(40)30(42-34)21-26-22-38(27-11-8-7-9-12-27)36-31(26)29-20-23(2)13-14-24(29)3/h7-9,11-18,20-22H,4-6,10,19H2,1-3H3. The van der Waals surface area contributed by atoms with E-state index in [-0.39, 0.29) is 5.56 Å². The van der Waals surface area contributed by atoms with Crippen molar-refractivity contribution in [2.24, 2.45) is 0 Å². The van der Waals surface area contributed by atoms with Gasteiger partial charge in [0.25, 0.3) is 5.56 Å². The molecule has 0 unspecified atom stereocenters. The molecule has 0 aliphatic rings. The number of aryl methyl sites for hydroxylation is 2. The molecule has 0 atom stereocenters. The summed E-state index contributed by atoms with van der Waals surface area (Å²) in [7, 11) is 0. The lowest BCUT2D eigenvalue weighted by Gasteiger charge is -2.06. The second kappa shape index (κ2) is 12.1. The van der Waals surface area contributed by atoms with Crippen molar-refractivity contribution in [2.75, 3.05) is 6.61 Å². The molecule has 0 saturated carbocycles. The largest absolute Gasteiger partial charge is 0.494 e. The zero-order chi connectivity index (χ0) is 29.1. The first-order valence-electron chi connectivity index (χ1n) is 14.4. The topological polar surface area (TPSA) is 74.3 Å². The fourth-order valence-electron chi connectivity index (χ4n) is 4.92. The van der Waals surface area contributed by atoms with Crippen LogP contribution >= 0.6 is 11.3 Å². The first-order chi connectivity index (χ1) is 20.5. The zero-order valence-electron chi connectivity index (χ0n) is 24.1. The van der Waals surface area contributed by atoms with Crippen LogP contribution in [0.5, 0.6) is 5.75 Å². The summed E-state index contributed by atoms with van der Waals surface area (Å²) in [6.45, 7) is 7.07. The van der Waals surface area contributed by atoms with Gasteiger partial charge in [-0.1, -0.05) is 73.4 Å². The van der Waals surface area contributed by atoms with E-state index in [9.17, 15) is 4.79 Å². The first-order valence-corrected chi connectivity index (χ1v) is 15.2. The van der Waals surface area contributed by atoms with Gasteiger partial charge in [0.15, 0.2) is 5.82 Å². The Kier molecular flexibility index (Phi) is 7.97. The van der Waals surface area contributed by atoms with Gasteiger partial charge in [-0.05, 0) is 74.4 Å². The number of nitrogens with zero attached hydrogens (tertiary/aromatic N) is 5. The van der Waals surface area contributed by atoms with E-state index >= 15 is 0 Å². The minimum atomic E-state index is -0.194. The van der Waals surface area contributed by atoms with Crippen molar-refractivity contribution in [3.63, 3.8) is 0 Å². The Labute approximate surface area is 248 Å². The van der Waals surface area contributed by atoms with Gasteiger partial charge in [-0.25, -0.2) is 4.68 Å². The second-order valence-corrected chi connectivity index (χ2v) is 11.5. The molecule has 0 aliphatic heterocycles. The number of ether oxygens (including phenoxy) is 1. The van der Waals surface area contributed by atoms with E-state index < -0.39 is 0 Å². The van der Waals surface area contributed by atoms with Crippen LogP contribution in [0.15, 0.2) is 83.8 Å². The highest BCUT2D eigenvalue weighted by molar-refractivity contribution is 7.15. The molecular weight excluding hydrogens is 542 g/mol. The van der Waals surface area contributed by atoms with E-state index in [1.54, 1.807) is 0 Å². The Morgan fingerprint density at radius 3 is 2.50 bits per heavy atom. The minimum Gasteiger partial charge on any atom is -0.494 e. The summed E-state index contributed by atoms with van der Waals surface area (Å²) >= 11 is 1.33. The Hall–Kier alpha value is -4.56. The molecule has 0 radical (unpaired) electrons. The number of para-hydroxylation sites is 1. The molecule has 0 spiro atoms. The number of unbranched alkanes of at least 4 members (excludes halogenated alkanes) is 3. The zero-order valence-corrected chi connectivity index (χ0v) is 24.9. The third-order valence-corrected chi connectivity index (χ3v) is 8.22. The Bertz CT molecular complexity index is 1940. The molecule has 7 nitrogen and oxygen atoms in total. The lowest BCUT2D eigenvalue weighted by Crippen LogP contribution is -2.23. The predicted octanol–water partition coefficient (Wildman–Crippen LogP) is 6.79. The quantitative estimate of drug-likeness (QED) is 0.168. The normalized spacial score (nSPS) is 11.9. The van der Waals surface area contributed by atoms with E-state index in [1.165, 1.54) is 35.1 Å². The van der Waals surface area contributed by atoms with Gasteiger partial charge < -0.3 is 4.74 Å². The number of fused-ring (bicyclic) bond motifs is 1. The number of hydrogen-bond acceptors (Lipinski definition) is 6. The molecule has 212 valence electrons. The van der Waals surface area contributed by atoms with E-state index in [4.69, 9.17) is 9.84 Å². The third-order valence-electron chi connectivity index (χ3n) is 7.26. The van der Waals surface area contributed by atoms with Crippen molar-refractivity contribution in [3.8, 4) is 34.1 Å². The van der Waals surface area contributed by atoms with Crippen LogP contribution in [0.1, 0.15) is 49.3 Å². The number of thiazole rings is 1. The molecule has 0 saturated heterocycles. The summed E-state index contributed by atoms with van der Waals surface area (Å²) in [5, 5.41) is 9.50. The molecule has 3 aromatic heterocycles. The van der Waals surface area contributed by atoms with Crippen LogP contribution in [0.4, 0.5) is 0 Å². The van der Waals surface area contributed by atoms with E-state index in [2.05, 4.69) is 49.1 Å². The highest BCUT2D eigenvalue weighted by Gasteiger charge is 2.16. The maximum atomic E-state index is 13.5. The summed E-state index contributed by atoms with van der Waals surface area (Å²) in [5.41, 5.74) is 6.60. The fourth-order valence-corrected chi connectivity index (χ4v) is 5.82. The van der Waals surface area contributed by atoms with Gasteiger partial charge in [-0.15, -0.1) is 5.10 Å². The molecule has 0 fully saturated rings. The molecular formula is C34H33N5O2S. The van der Waals surface area contributed by atoms with E-state index in [1.807, 2.05) is 71.6 Å². The maximum absolute atomic E-state index is 13.5. The highest BCUT2D eigenvalue weighted by Crippen LogP contribution is 2.28. The Morgan fingerprint density at radius 1 is 0.929 bits per heavy atom. The van der Waals surface area contributed by atoms with Gasteiger partial charge >= 0.3 is 0 Å². The van der Waals surface area contributed by atoms with Crippen molar-refractivity contribution in [2.45, 2.75) is 46.5 Å². The molecule has 0 N–H and O–H groups in total. The second-order valence-electron chi connectivity index (χ2n) is 10.5. The van der Waals surface area contributed by atoms with E-state index in [0.717, 1.165) is 51.4 Å². The summed E-state index contributed by atoms with van der Waals surface area (Å²) in [6, 6.07) is 24.1. The smallest absolute Gasteiger partial charge is 0.291 e. The van der Waals surface area contributed by atoms with Gasteiger partial charge in [-0.3, -0.25) is 4.79 Å².